The summed E-state index contributed by atoms with van der Waals surface area (Å²) < 4.78 is 0. The number of anilines is 1. The second-order valence-corrected chi connectivity index (χ2v) is 7.48. The third-order valence-electron chi connectivity index (χ3n) is 4.79. The molecule has 0 aromatic heterocycles. The van der Waals surface area contributed by atoms with Gasteiger partial charge in [-0.3, -0.25) is 14.6 Å². The number of carbonyl (C=O) groups excluding carboxylic acids is 2. The maximum atomic E-state index is 12.3. The molecular formula is C20H30ClN5O2. The Hall–Kier alpha value is -2.28. The summed E-state index contributed by atoms with van der Waals surface area (Å²) >= 11 is 6.09. The minimum atomic E-state index is -0.262. The van der Waals surface area contributed by atoms with Gasteiger partial charge in [0.2, 0.25) is 11.8 Å². The van der Waals surface area contributed by atoms with Crippen molar-refractivity contribution >= 4 is 35.1 Å². The number of halogens is 1. The number of amides is 2. The number of nitrogens with two attached hydrogens (primary N) is 1. The maximum Gasteiger partial charge on any atom is 0.226 e. The van der Waals surface area contributed by atoms with Crippen LogP contribution in [0.25, 0.3) is 0 Å². The standard InChI is InChI=1S/C20H30ClN5O2/c1-3-23-20(26-11-5-6-15(13-26)12-18(22)27)24-10-9-19(28)25-17-8-4-7-16(21)14(17)2/h4,7-8,15H,3,5-6,9-13H2,1-2H3,(H2,22,27)(H,23,24)(H,25,28). The molecule has 1 fully saturated rings. The van der Waals surface area contributed by atoms with Crippen LogP contribution in [-0.4, -0.2) is 48.9 Å². The number of hydrogen-bond acceptors (Lipinski definition) is 3. The number of piperidine rings is 1. The lowest BCUT2D eigenvalue weighted by Gasteiger charge is -2.34. The van der Waals surface area contributed by atoms with Crippen molar-refractivity contribution in [3.63, 3.8) is 0 Å². The number of aliphatic imine (C=N–C) groups is 1. The molecule has 1 aromatic carbocycles. The zero-order valence-corrected chi connectivity index (χ0v) is 17.4. The lowest BCUT2D eigenvalue weighted by atomic mass is 9.95. The predicted molar refractivity (Wildman–Crippen MR) is 114 cm³/mol. The number of primary amides is 1. The van der Waals surface area contributed by atoms with Gasteiger partial charge in [0.25, 0.3) is 0 Å². The van der Waals surface area contributed by atoms with Gasteiger partial charge in [0.15, 0.2) is 5.96 Å². The Kier molecular flexibility index (Phi) is 8.57. The van der Waals surface area contributed by atoms with E-state index in [1.807, 2.05) is 26.0 Å². The number of guanidine groups is 1. The molecule has 28 heavy (non-hydrogen) atoms. The van der Waals surface area contributed by atoms with E-state index in [4.69, 9.17) is 17.3 Å². The van der Waals surface area contributed by atoms with Crippen LogP contribution in [0, 0.1) is 12.8 Å². The van der Waals surface area contributed by atoms with Gasteiger partial charge in [0, 0.05) is 43.2 Å². The first-order valence-electron chi connectivity index (χ1n) is 9.77. The molecule has 154 valence electrons. The largest absolute Gasteiger partial charge is 0.370 e. The van der Waals surface area contributed by atoms with E-state index in [-0.39, 0.29) is 24.2 Å². The van der Waals surface area contributed by atoms with Crippen LogP contribution in [0.3, 0.4) is 0 Å². The van der Waals surface area contributed by atoms with E-state index < -0.39 is 0 Å². The highest BCUT2D eigenvalue weighted by atomic mass is 35.5. The molecule has 0 aliphatic carbocycles. The Labute approximate surface area is 171 Å². The van der Waals surface area contributed by atoms with Gasteiger partial charge in [-0.1, -0.05) is 17.7 Å². The van der Waals surface area contributed by atoms with Crippen LogP contribution in [0.4, 0.5) is 5.69 Å². The van der Waals surface area contributed by atoms with Gasteiger partial charge in [0.05, 0.1) is 6.54 Å². The van der Waals surface area contributed by atoms with E-state index in [0.29, 0.717) is 18.0 Å². The van der Waals surface area contributed by atoms with Crippen molar-refractivity contribution in [1.82, 2.24) is 10.2 Å². The molecule has 4 N–H and O–H groups in total. The molecule has 0 saturated carbocycles. The highest BCUT2D eigenvalue weighted by molar-refractivity contribution is 6.31. The van der Waals surface area contributed by atoms with Gasteiger partial charge in [0.1, 0.15) is 0 Å². The first kappa shape index (κ1) is 22.0. The summed E-state index contributed by atoms with van der Waals surface area (Å²) in [5, 5.41) is 6.79. The Morgan fingerprint density at radius 1 is 1.39 bits per heavy atom. The molecule has 0 bridgehead atoms. The molecule has 2 amide bonds. The maximum absolute atomic E-state index is 12.3. The third-order valence-corrected chi connectivity index (χ3v) is 5.19. The number of carbonyl (C=O) groups is 2. The highest BCUT2D eigenvalue weighted by Crippen LogP contribution is 2.23. The molecule has 2 rings (SSSR count). The molecule has 0 spiro atoms. The van der Waals surface area contributed by atoms with E-state index in [1.165, 1.54) is 0 Å². The number of benzene rings is 1. The molecular weight excluding hydrogens is 378 g/mol. The number of nitrogens with one attached hydrogen (secondary N) is 2. The van der Waals surface area contributed by atoms with Crippen molar-refractivity contribution in [2.45, 2.75) is 39.5 Å². The topological polar surface area (TPSA) is 99.8 Å². The minimum absolute atomic E-state index is 0.102. The summed E-state index contributed by atoms with van der Waals surface area (Å²) in [5.41, 5.74) is 6.92. The smallest absolute Gasteiger partial charge is 0.226 e. The quantitative estimate of drug-likeness (QED) is 0.477. The highest BCUT2D eigenvalue weighted by Gasteiger charge is 2.23. The SMILES string of the molecule is CCNC(=NCCC(=O)Nc1cccc(Cl)c1C)N1CCCC(CC(N)=O)C1. The fraction of sp³-hybridized carbons (Fsp3) is 0.550. The first-order chi connectivity index (χ1) is 13.4. The summed E-state index contributed by atoms with van der Waals surface area (Å²) in [6, 6.07) is 5.44. The molecule has 1 aliphatic rings. The average Bonchev–Trinajstić information content (AvgIpc) is 2.64. The molecule has 7 nitrogen and oxygen atoms in total. The Morgan fingerprint density at radius 2 is 2.18 bits per heavy atom. The lowest BCUT2D eigenvalue weighted by molar-refractivity contribution is -0.119. The molecule has 1 aliphatic heterocycles. The summed E-state index contributed by atoms with van der Waals surface area (Å²) in [7, 11) is 0. The fourth-order valence-electron chi connectivity index (χ4n) is 3.35. The van der Waals surface area contributed by atoms with Crippen LogP contribution in [0.15, 0.2) is 23.2 Å². The second-order valence-electron chi connectivity index (χ2n) is 7.07. The van der Waals surface area contributed by atoms with Crippen LogP contribution >= 0.6 is 11.6 Å². The molecule has 0 radical (unpaired) electrons. The fourth-order valence-corrected chi connectivity index (χ4v) is 3.53. The predicted octanol–water partition coefficient (Wildman–Crippen LogP) is 2.53. The Morgan fingerprint density at radius 3 is 2.89 bits per heavy atom. The number of rotatable bonds is 7. The number of hydrogen-bond donors (Lipinski definition) is 3. The molecule has 1 heterocycles. The summed E-state index contributed by atoms with van der Waals surface area (Å²) in [4.78, 5) is 30.2. The number of nitrogens with zero attached hydrogens (tertiary/aromatic N) is 2. The van der Waals surface area contributed by atoms with Crippen molar-refractivity contribution in [1.29, 1.82) is 0 Å². The summed E-state index contributed by atoms with van der Waals surface area (Å²) in [6.45, 7) is 6.64. The van der Waals surface area contributed by atoms with Crippen molar-refractivity contribution in [2.75, 3.05) is 31.5 Å². The molecule has 1 aromatic rings. The monoisotopic (exact) mass is 407 g/mol. The summed E-state index contributed by atoms with van der Waals surface area (Å²) in [6.07, 6.45) is 2.67. The van der Waals surface area contributed by atoms with Gasteiger partial charge in [-0.25, -0.2) is 0 Å². The van der Waals surface area contributed by atoms with E-state index in [2.05, 4.69) is 20.5 Å². The first-order valence-corrected chi connectivity index (χ1v) is 10.1. The molecule has 1 unspecified atom stereocenters. The van der Waals surface area contributed by atoms with Crippen LogP contribution in [0.5, 0.6) is 0 Å². The second kappa shape index (κ2) is 10.9. The average molecular weight is 408 g/mol. The zero-order valence-electron chi connectivity index (χ0n) is 16.6. The van der Waals surface area contributed by atoms with E-state index in [1.54, 1.807) is 6.07 Å². The van der Waals surface area contributed by atoms with Crippen LogP contribution in [0.1, 0.15) is 38.2 Å². The van der Waals surface area contributed by atoms with Gasteiger partial charge in [-0.15, -0.1) is 0 Å². The van der Waals surface area contributed by atoms with E-state index in [9.17, 15) is 9.59 Å². The van der Waals surface area contributed by atoms with Gasteiger partial charge < -0.3 is 21.3 Å². The van der Waals surface area contributed by atoms with Crippen LogP contribution < -0.4 is 16.4 Å². The third kappa shape index (κ3) is 6.71. The van der Waals surface area contributed by atoms with E-state index in [0.717, 1.165) is 49.7 Å². The van der Waals surface area contributed by atoms with Crippen LogP contribution in [0.2, 0.25) is 5.02 Å². The van der Waals surface area contributed by atoms with E-state index >= 15 is 0 Å². The van der Waals surface area contributed by atoms with Crippen molar-refractivity contribution in [3.05, 3.63) is 28.8 Å². The van der Waals surface area contributed by atoms with Gasteiger partial charge in [-0.05, 0) is 50.3 Å². The Bertz CT molecular complexity index is 723. The van der Waals surface area contributed by atoms with Gasteiger partial charge >= 0.3 is 0 Å². The summed E-state index contributed by atoms with van der Waals surface area (Å²) in [5.74, 6) is 0.671. The van der Waals surface area contributed by atoms with Crippen molar-refractivity contribution in [3.8, 4) is 0 Å². The Balaban J connectivity index is 1.92. The zero-order chi connectivity index (χ0) is 20.5. The normalized spacial score (nSPS) is 17.3. The van der Waals surface area contributed by atoms with Gasteiger partial charge in [-0.2, -0.15) is 0 Å². The van der Waals surface area contributed by atoms with Crippen molar-refractivity contribution in [2.24, 2.45) is 16.6 Å². The minimum Gasteiger partial charge on any atom is -0.370 e. The van der Waals surface area contributed by atoms with Crippen molar-refractivity contribution < 1.29 is 9.59 Å². The lowest BCUT2D eigenvalue weighted by Crippen LogP contribution is -2.47. The molecule has 1 saturated heterocycles. The van der Waals surface area contributed by atoms with Crippen LogP contribution in [-0.2, 0) is 9.59 Å². The molecule has 8 heteroatoms. The molecule has 1 atom stereocenters. The number of likely N-dealkylation sites (tertiary alicyclic amines) is 1.